The molecule has 0 spiro atoms. The normalized spacial score (nSPS) is 10.4. The molecule has 2 aromatic carbocycles. The molecule has 0 saturated heterocycles. The fourth-order valence-electron chi connectivity index (χ4n) is 1.69. The van der Waals surface area contributed by atoms with Crippen LogP contribution in [-0.4, -0.2) is 0 Å². The molecule has 2 nitrogen and oxygen atoms in total. The molecule has 0 unspecified atom stereocenters. The Morgan fingerprint density at radius 3 is 2.39 bits per heavy atom. The third-order valence-electron chi connectivity index (χ3n) is 2.37. The number of benzene rings is 2. The van der Waals surface area contributed by atoms with Crippen molar-refractivity contribution in [2.24, 2.45) is 0 Å². The molecule has 0 aliphatic rings. The Morgan fingerprint density at radius 2 is 1.72 bits per heavy atom. The first kappa shape index (κ1) is 12.3. The molecule has 5 heteroatoms. The van der Waals surface area contributed by atoms with Crippen LogP contribution in [0.3, 0.4) is 0 Å². The molecule has 0 aromatic heterocycles. The minimum Gasteiger partial charge on any atom is -0.399 e. The first-order chi connectivity index (χ1) is 8.45. The fourth-order valence-corrected chi connectivity index (χ4v) is 1.69. The lowest BCUT2D eigenvalue weighted by molar-refractivity contribution is 0.498. The number of anilines is 3. The van der Waals surface area contributed by atoms with E-state index in [9.17, 15) is 13.2 Å². The van der Waals surface area contributed by atoms with Crippen molar-refractivity contribution in [2.45, 2.75) is 6.92 Å². The average Bonchev–Trinajstić information content (AvgIpc) is 2.23. The number of nitrogens with two attached hydrogens (primary N) is 1. The van der Waals surface area contributed by atoms with E-state index >= 15 is 0 Å². The summed E-state index contributed by atoms with van der Waals surface area (Å²) in [4.78, 5) is 0. The highest BCUT2D eigenvalue weighted by molar-refractivity contribution is 5.65. The van der Waals surface area contributed by atoms with E-state index in [0.717, 1.165) is 11.6 Å². The predicted octanol–water partition coefficient (Wildman–Crippen LogP) is 3.74. The highest BCUT2D eigenvalue weighted by atomic mass is 19.2. The van der Waals surface area contributed by atoms with Crippen LogP contribution in [0.4, 0.5) is 30.2 Å². The summed E-state index contributed by atoms with van der Waals surface area (Å²) >= 11 is 0. The Bertz CT molecular complexity index is 577. The largest absolute Gasteiger partial charge is 0.399 e. The Balaban J connectivity index is 2.39. The second-order valence-corrected chi connectivity index (χ2v) is 4.01. The summed E-state index contributed by atoms with van der Waals surface area (Å²) in [7, 11) is 0. The van der Waals surface area contributed by atoms with Crippen LogP contribution in [-0.2, 0) is 0 Å². The average molecular weight is 252 g/mol. The van der Waals surface area contributed by atoms with Gasteiger partial charge in [0.05, 0.1) is 5.69 Å². The molecule has 0 aliphatic carbocycles. The van der Waals surface area contributed by atoms with Gasteiger partial charge in [0.2, 0.25) is 0 Å². The Hall–Kier alpha value is -2.17. The van der Waals surface area contributed by atoms with Crippen molar-refractivity contribution in [1.29, 1.82) is 0 Å². The number of nitrogens with one attached hydrogen (secondary N) is 1. The molecule has 2 aromatic rings. The minimum absolute atomic E-state index is 0.266. The first-order valence-electron chi connectivity index (χ1n) is 5.24. The molecular formula is C13H11F3N2. The van der Waals surface area contributed by atoms with Gasteiger partial charge in [-0.25, -0.2) is 13.2 Å². The summed E-state index contributed by atoms with van der Waals surface area (Å²) in [5.41, 5.74) is 7.17. The van der Waals surface area contributed by atoms with Gasteiger partial charge in [-0.05, 0) is 30.7 Å². The molecule has 0 amide bonds. The molecule has 0 saturated carbocycles. The highest BCUT2D eigenvalue weighted by Gasteiger charge is 2.11. The lowest BCUT2D eigenvalue weighted by atomic mass is 10.2. The topological polar surface area (TPSA) is 38.0 Å². The van der Waals surface area contributed by atoms with Crippen molar-refractivity contribution in [1.82, 2.24) is 0 Å². The van der Waals surface area contributed by atoms with E-state index in [4.69, 9.17) is 5.73 Å². The van der Waals surface area contributed by atoms with Crippen LogP contribution >= 0.6 is 0 Å². The molecule has 0 bridgehead atoms. The zero-order valence-corrected chi connectivity index (χ0v) is 9.60. The van der Waals surface area contributed by atoms with Gasteiger partial charge >= 0.3 is 0 Å². The third-order valence-corrected chi connectivity index (χ3v) is 2.37. The SMILES string of the molecule is Cc1cc(N)cc(Nc2cc(F)cc(F)c2F)c1. The highest BCUT2D eigenvalue weighted by Crippen LogP contribution is 2.25. The van der Waals surface area contributed by atoms with E-state index < -0.39 is 17.5 Å². The summed E-state index contributed by atoms with van der Waals surface area (Å²) in [6.07, 6.45) is 0. The zero-order valence-electron chi connectivity index (χ0n) is 9.60. The van der Waals surface area contributed by atoms with Gasteiger partial charge in [-0.2, -0.15) is 0 Å². The summed E-state index contributed by atoms with van der Waals surface area (Å²) in [5.74, 6) is -3.22. The van der Waals surface area contributed by atoms with Crippen LogP contribution < -0.4 is 11.1 Å². The van der Waals surface area contributed by atoms with Crippen LogP contribution in [0.5, 0.6) is 0 Å². The molecule has 3 N–H and O–H groups in total. The Kier molecular flexibility index (Phi) is 3.14. The maximum absolute atomic E-state index is 13.4. The smallest absolute Gasteiger partial charge is 0.182 e. The number of hydrogen-bond acceptors (Lipinski definition) is 2. The van der Waals surface area contributed by atoms with Crippen LogP contribution in [0.1, 0.15) is 5.56 Å². The monoisotopic (exact) mass is 252 g/mol. The van der Waals surface area contributed by atoms with Gasteiger partial charge in [-0.15, -0.1) is 0 Å². The van der Waals surface area contributed by atoms with Crippen LogP contribution in [0.2, 0.25) is 0 Å². The van der Waals surface area contributed by atoms with E-state index in [1.807, 2.05) is 6.92 Å². The van der Waals surface area contributed by atoms with E-state index in [1.54, 1.807) is 18.2 Å². The number of rotatable bonds is 2. The number of hydrogen-bond donors (Lipinski definition) is 2. The molecule has 2 rings (SSSR count). The van der Waals surface area contributed by atoms with Gasteiger partial charge in [0.25, 0.3) is 0 Å². The van der Waals surface area contributed by atoms with E-state index in [-0.39, 0.29) is 5.69 Å². The van der Waals surface area contributed by atoms with Gasteiger partial charge in [0.15, 0.2) is 11.6 Å². The summed E-state index contributed by atoms with van der Waals surface area (Å²) in [6, 6.07) is 6.35. The van der Waals surface area contributed by atoms with Crippen molar-refractivity contribution in [3.8, 4) is 0 Å². The lowest BCUT2D eigenvalue weighted by Gasteiger charge is -2.10. The lowest BCUT2D eigenvalue weighted by Crippen LogP contribution is -1.99. The Labute approximate surface area is 102 Å². The van der Waals surface area contributed by atoms with Crippen molar-refractivity contribution in [2.75, 3.05) is 11.1 Å². The molecule has 0 radical (unpaired) electrons. The van der Waals surface area contributed by atoms with Crippen LogP contribution in [0.15, 0.2) is 30.3 Å². The summed E-state index contributed by atoms with van der Waals surface area (Å²) in [5, 5.41) is 2.60. The van der Waals surface area contributed by atoms with Crippen LogP contribution in [0, 0.1) is 24.4 Å². The molecule has 94 valence electrons. The minimum atomic E-state index is -1.24. The molecule has 0 aliphatic heterocycles. The van der Waals surface area contributed by atoms with Gasteiger partial charge < -0.3 is 11.1 Å². The van der Waals surface area contributed by atoms with Crippen molar-refractivity contribution >= 4 is 17.1 Å². The maximum Gasteiger partial charge on any atom is 0.182 e. The third kappa shape index (κ3) is 2.56. The predicted molar refractivity (Wildman–Crippen MR) is 65.2 cm³/mol. The van der Waals surface area contributed by atoms with Gasteiger partial charge in [-0.3, -0.25) is 0 Å². The van der Waals surface area contributed by atoms with E-state index in [2.05, 4.69) is 5.32 Å². The molecule has 0 atom stereocenters. The van der Waals surface area contributed by atoms with Crippen LogP contribution in [0.25, 0.3) is 0 Å². The standard InChI is InChI=1S/C13H11F3N2/c1-7-2-9(17)6-10(3-7)18-12-5-8(14)4-11(15)13(12)16/h2-6,18H,17H2,1H3. The van der Waals surface area contributed by atoms with Crippen molar-refractivity contribution in [3.05, 3.63) is 53.3 Å². The van der Waals surface area contributed by atoms with E-state index in [0.29, 0.717) is 17.4 Å². The summed E-state index contributed by atoms with van der Waals surface area (Å²) in [6.45, 7) is 1.81. The number of halogens is 3. The number of aryl methyl sites for hydroxylation is 1. The fraction of sp³-hybridized carbons (Fsp3) is 0.0769. The Morgan fingerprint density at radius 1 is 1.00 bits per heavy atom. The van der Waals surface area contributed by atoms with Crippen molar-refractivity contribution < 1.29 is 13.2 Å². The quantitative estimate of drug-likeness (QED) is 0.631. The first-order valence-corrected chi connectivity index (χ1v) is 5.24. The van der Waals surface area contributed by atoms with Gasteiger partial charge in [0.1, 0.15) is 5.82 Å². The second kappa shape index (κ2) is 4.60. The van der Waals surface area contributed by atoms with Gasteiger partial charge in [-0.1, -0.05) is 0 Å². The molecular weight excluding hydrogens is 241 g/mol. The van der Waals surface area contributed by atoms with Gasteiger partial charge in [0, 0.05) is 23.5 Å². The number of nitrogen functional groups attached to an aromatic ring is 1. The molecule has 0 fully saturated rings. The van der Waals surface area contributed by atoms with Crippen molar-refractivity contribution in [3.63, 3.8) is 0 Å². The molecule has 18 heavy (non-hydrogen) atoms. The zero-order chi connectivity index (χ0) is 13.3. The summed E-state index contributed by atoms with van der Waals surface area (Å²) < 4.78 is 39.5. The molecule has 0 heterocycles. The maximum atomic E-state index is 13.4. The second-order valence-electron chi connectivity index (χ2n) is 4.01. The van der Waals surface area contributed by atoms with E-state index in [1.165, 1.54) is 0 Å².